The van der Waals surface area contributed by atoms with Gasteiger partial charge < -0.3 is 10.3 Å². The van der Waals surface area contributed by atoms with Gasteiger partial charge in [0.05, 0.1) is 0 Å². The maximum atomic E-state index is 12.2. The van der Waals surface area contributed by atoms with Gasteiger partial charge in [0.1, 0.15) is 0 Å². The number of aromatic amines is 1. The minimum Gasteiger partial charge on any atom is -0.381 e. The van der Waals surface area contributed by atoms with Crippen molar-refractivity contribution in [3.8, 4) is 0 Å². The maximum Gasteiger partial charge on any atom is 0.253 e. The van der Waals surface area contributed by atoms with Crippen molar-refractivity contribution in [3.63, 3.8) is 0 Å². The van der Waals surface area contributed by atoms with Crippen LogP contribution in [-0.2, 0) is 6.54 Å². The summed E-state index contributed by atoms with van der Waals surface area (Å²) in [6.07, 6.45) is 0. The van der Waals surface area contributed by atoms with E-state index in [-0.39, 0.29) is 5.56 Å². The van der Waals surface area contributed by atoms with Crippen molar-refractivity contribution in [3.05, 3.63) is 74.5 Å². The molecule has 0 atom stereocenters. The number of aromatic nitrogens is 1. The number of anilines is 1. The largest absolute Gasteiger partial charge is 0.381 e. The van der Waals surface area contributed by atoms with Gasteiger partial charge in [0.15, 0.2) is 0 Å². The van der Waals surface area contributed by atoms with Crippen molar-refractivity contribution in [2.45, 2.75) is 20.4 Å². The molecule has 4 heteroatoms. The first-order valence-corrected chi connectivity index (χ1v) is 7.53. The van der Waals surface area contributed by atoms with E-state index in [4.69, 9.17) is 11.6 Å². The van der Waals surface area contributed by atoms with Crippen molar-refractivity contribution in [2.24, 2.45) is 0 Å². The van der Waals surface area contributed by atoms with Crippen LogP contribution in [0.1, 0.15) is 16.7 Å². The Bertz CT molecular complexity index is 882. The summed E-state index contributed by atoms with van der Waals surface area (Å²) in [4.78, 5) is 15.1. The van der Waals surface area contributed by atoms with E-state index in [1.807, 2.05) is 43.3 Å². The fourth-order valence-corrected chi connectivity index (χ4v) is 2.54. The second-order valence-electron chi connectivity index (χ2n) is 5.51. The SMILES string of the molecule is Cc1cc2cc(CNc3ccc(Cl)cc3)c(=O)[nH]c2cc1C. The van der Waals surface area contributed by atoms with E-state index in [0.29, 0.717) is 17.1 Å². The van der Waals surface area contributed by atoms with Crippen LogP contribution in [0.2, 0.25) is 5.02 Å². The summed E-state index contributed by atoms with van der Waals surface area (Å²) >= 11 is 5.86. The van der Waals surface area contributed by atoms with Crippen LogP contribution in [0.3, 0.4) is 0 Å². The highest BCUT2D eigenvalue weighted by atomic mass is 35.5. The van der Waals surface area contributed by atoms with Gasteiger partial charge in [0.2, 0.25) is 0 Å². The van der Waals surface area contributed by atoms with Crippen molar-refractivity contribution in [1.82, 2.24) is 4.98 Å². The topological polar surface area (TPSA) is 44.9 Å². The van der Waals surface area contributed by atoms with E-state index in [9.17, 15) is 4.79 Å². The fourth-order valence-electron chi connectivity index (χ4n) is 2.42. The summed E-state index contributed by atoms with van der Waals surface area (Å²) in [5, 5.41) is 4.99. The lowest BCUT2D eigenvalue weighted by atomic mass is 10.0. The number of aryl methyl sites for hydroxylation is 2. The fraction of sp³-hybridized carbons (Fsp3) is 0.167. The standard InChI is InChI=1S/C18H17ClN2O/c1-11-7-13-9-14(18(22)21-17(13)8-12(11)2)10-20-16-5-3-15(19)4-6-16/h3-9,20H,10H2,1-2H3,(H,21,22). The number of fused-ring (bicyclic) bond motifs is 1. The van der Waals surface area contributed by atoms with Gasteiger partial charge in [0, 0.05) is 28.3 Å². The second kappa shape index (κ2) is 5.85. The number of nitrogens with one attached hydrogen (secondary N) is 2. The van der Waals surface area contributed by atoms with Crippen molar-refractivity contribution in [2.75, 3.05) is 5.32 Å². The predicted molar refractivity (Wildman–Crippen MR) is 92.8 cm³/mol. The first-order valence-electron chi connectivity index (χ1n) is 7.15. The predicted octanol–water partition coefficient (Wildman–Crippen LogP) is 4.41. The van der Waals surface area contributed by atoms with Gasteiger partial charge in [-0.3, -0.25) is 4.79 Å². The lowest BCUT2D eigenvalue weighted by molar-refractivity contribution is 1.09. The van der Waals surface area contributed by atoms with Gasteiger partial charge in [-0.1, -0.05) is 11.6 Å². The van der Waals surface area contributed by atoms with Crippen LogP contribution in [0.15, 0.2) is 47.3 Å². The first-order chi connectivity index (χ1) is 10.5. The van der Waals surface area contributed by atoms with Gasteiger partial charge in [-0.05, 0) is 72.8 Å². The van der Waals surface area contributed by atoms with Crippen molar-refractivity contribution in [1.29, 1.82) is 0 Å². The summed E-state index contributed by atoms with van der Waals surface area (Å²) in [7, 11) is 0. The highest BCUT2D eigenvalue weighted by Gasteiger charge is 2.05. The number of hydrogen-bond donors (Lipinski definition) is 2. The Labute approximate surface area is 133 Å². The number of hydrogen-bond acceptors (Lipinski definition) is 2. The van der Waals surface area contributed by atoms with Gasteiger partial charge in [-0.15, -0.1) is 0 Å². The number of rotatable bonds is 3. The molecule has 22 heavy (non-hydrogen) atoms. The minimum atomic E-state index is -0.0581. The molecule has 3 nitrogen and oxygen atoms in total. The Hall–Kier alpha value is -2.26. The molecule has 0 fully saturated rings. The zero-order valence-corrected chi connectivity index (χ0v) is 13.3. The van der Waals surface area contributed by atoms with E-state index in [0.717, 1.165) is 16.6 Å². The average molecular weight is 313 g/mol. The third-order valence-electron chi connectivity index (χ3n) is 3.86. The Morgan fingerprint density at radius 1 is 1.05 bits per heavy atom. The summed E-state index contributed by atoms with van der Waals surface area (Å²) in [5.74, 6) is 0. The average Bonchev–Trinajstić information content (AvgIpc) is 2.49. The number of benzene rings is 2. The van der Waals surface area contributed by atoms with Crippen LogP contribution in [0.25, 0.3) is 10.9 Å². The molecule has 0 saturated heterocycles. The maximum absolute atomic E-state index is 12.2. The van der Waals surface area contributed by atoms with E-state index >= 15 is 0 Å². The van der Waals surface area contributed by atoms with Crippen LogP contribution in [0.4, 0.5) is 5.69 Å². The molecule has 0 aliphatic rings. The molecule has 1 aromatic heterocycles. The van der Waals surface area contributed by atoms with Crippen LogP contribution in [-0.4, -0.2) is 4.98 Å². The molecule has 0 radical (unpaired) electrons. The molecular weight excluding hydrogens is 296 g/mol. The number of H-pyrrole nitrogens is 1. The molecule has 2 aromatic carbocycles. The van der Waals surface area contributed by atoms with Gasteiger partial charge in [0.25, 0.3) is 5.56 Å². The molecule has 0 spiro atoms. The summed E-state index contributed by atoms with van der Waals surface area (Å²) < 4.78 is 0. The zero-order valence-electron chi connectivity index (χ0n) is 12.5. The molecule has 0 saturated carbocycles. The quantitative estimate of drug-likeness (QED) is 0.752. The number of halogens is 1. The zero-order chi connectivity index (χ0) is 15.7. The second-order valence-corrected chi connectivity index (χ2v) is 5.94. The van der Waals surface area contributed by atoms with Crippen LogP contribution in [0.5, 0.6) is 0 Å². The summed E-state index contributed by atoms with van der Waals surface area (Å²) in [6.45, 7) is 4.59. The smallest absolute Gasteiger partial charge is 0.253 e. The minimum absolute atomic E-state index is 0.0581. The Kier molecular flexibility index (Phi) is 3.90. The molecule has 112 valence electrons. The molecular formula is C18H17ClN2O. The van der Waals surface area contributed by atoms with E-state index in [2.05, 4.69) is 23.3 Å². The molecule has 0 bridgehead atoms. The van der Waals surface area contributed by atoms with Crippen molar-refractivity contribution < 1.29 is 0 Å². The first kappa shape index (κ1) is 14.7. The number of pyridine rings is 1. The van der Waals surface area contributed by atoms with Gasteiger partial charge in [-0.25, -0.2) is 0 Å². The molecule has 3 aromatic rings. The lowest BCUT2D eigenvalue weighted by Gasteiger charge is -2.08. The van der Waals surface area contributed by atoms with Gasteiger partial charge in [-0.2, -0.15) is 0 Å². The normalized spacial score (nSPS) is 10.9. The van der Waals surface area contributed by atoms with E-state index in [1.165, 1.54) is 11.1 Å². The van der Waals surface area contributed by atoms with Crippen LogP contribution in [0, 0.1) is 13.8 Å². The molecule has 1 heterocycles. The highest BCUT2D eigenvalue weighted by Crippen LogP contribution is 2.18. The summed E-state index contributed by atoms with van der Waals surface area (Å²) in [6, 6.07) is 13.5. The Morgan fingerprint density at radius 3 is 2.45 bits per heavy atom. The third kappa shape index (κ3) is 3.00. The van der Waals surface area contributed by atoms with Crippen LogP contribution < -0.4 is 10.9 Å². The van der Waals surface area contributed by atoms with Crippen LogP contribution >= 0.6 is 11.6 Å². The third-order valence-corrected chi connectivity index (χ3v) is 4.11. The molecule has 0 aliphatic carbocycles. The molecule has 0 unspecified atom stereocenters. The van der Waals surface area contributed by atoms with Gasteiger partial charge >= 0.3 is 0 Å². The van der Waals surface area contributed by atoms with Crippen molar-refractivity contribution >= 4 is 28.2 Å². The van der Waals surface area contributed by atoms with E-state index < -0.39 is 0 Å². The Balaban J connectivity index is 1.90. The monoisotopic (exact) mass is 312 g/mol. The summed E-state index contributed by atoms with van der Waals surface area (Å²) in [5.41, 5.74) is 4.86. The molecule has 0 aliphatic heterocycles. The molecule has 0 amide bonds. The molecule has 2 N–H and O–H groups in total. The Morgan fingerprint density at radius 2 is 1.73 bits per heavy atom. The highest BCUT2D eigenvalue weighted by molar-refractivity contribution is 6.30. The van der Waals surface area contributed by atoms with E-state index in [1.54, 1.807) is 0 Å². The molecule has 3 rings (SSSR count). The lowest BCUT2D eigenvalue weighted by Crippen LogP contribution is -2.15.